The summed E-state index contributed by atoms with van der Waals surface area (Å²) in [5.74, 6) is -0.979. The summed E-state index contributed by atoms with van der Waals surface area (Å²) in [4.78, 5) is 16.6. The molecule has 7 nitrogen and oxygen atoms in total. The van der Waals surface area contributed by atoms with Crippen LogP contribution in [0.3, 0.4) is 0 Å². The highest BCUT2D eigenvalue weighted by atomic mass is 19.3. The van der Waals surface area contributed by atoms with E-state index in [1.165, 1.54) is 15.5 Å². The van der Waals surface area contributed by atoms with Crippen molar-refractivity contribution in [2.45, 2.75) is 19.5 Å². The molecule has 2 heterocycles. The molecule has 2 aromatic rings. The molecule has 1 aliphatic rings. The summed E-state index contributed by atoms with van der Waals surface area (Å²) < 4.78 is 33.4. The lowest BCUT2D eigenvalue weighted by molar-refractivity contribution is -0.143. The van der Waals surface area contributed by atoms with E-state index in [0.29, 0.717) is 16.7 Å². The van der Waals surface area contributed by atoms with Crippen LogP contribution in [0.1, 0.15) is 19.2 Å². The van der Waals surface area contributed by atoms with Gasteiger partial charge in [-0.05, 0) is 19.1 Å². The van der Waals surface area contributed by atoms with E-state index in [1.54, 1.807) is 31.2 Å². The van der Waals surface area contributed by atoms with E-state index in [2.05, 4.69) is 4.98 Å². The summed E-state index contributed by atoms with van der Waals surface area (Å²) in [6.45, 7) is 1.60. The number of nitrogens with one attached hydrogen (secondary N) is 1. The average Bonchev–Trinajstić information content (AvgIpc) is 2.97. The van der Waals surface area contributed by atoms with E-state index < -0.39 is 24.8 Å². The second-order valence-electron chi connectivity index (χ2n) is 5.94. The number of amides is 1. The number of rotatable bonds is 5. The Bertz CT molecular complexity index is 872. The highest BCUT2D eigenvalue weighted by molar-refractivity contribution is 5.92. The molecule has 1 aromatic heterocycles. The Labute approximate surface area is 148 Å². The summed E-state index contributed by atoms with van der Waals surface area (Å²) in [5.41, 5.74) is 1.34. The van der Waals surface area contributed by atoms with Crippen molar-refractivity contribution >= 4 is 28.5 Å². The van der Waals surface area contributed by atoms with Crippen molar-refractivity contribution < 1.29 is 23.4 Å². The molecule has 0 aliphatic carbocycles. The first-order valence-corrected chi connectivity index (χ1v) is 7.98. The standard InChI is InChI=1S/C17H18F2N4O3/c1-10(6-14(20)26-11-7-22(8-11)15(25)9-24)23-13-5-3-2-4-12(13)21-17(23)16(18)19/h2-6,11,16,20,24H,7-9H2,1H3/b10-6+,20-14?. The van der Waals surface area contributed by atoms with Gasteiger partial charge in [0.25, 0.3) is 6.43 Å². The third-order valence-corrected chi connectivity index (χ3v) is 4.10. The van der Waals surface area contributed by atoms with E-state index in [9.17, 15) is 13.6 Å². The van der Waals surface area contributed by atoms with E-state index in [4.69, 9.17) is 15.3 Å². The van der Waals surface area contributed by atoms with E-state index in [1.807, 2.05) is 0 Å². The Kier molecular flexibility index (Phi) is 4.99. The Morgan fingerprint density at radius 1 is 1.46 bits per heavy atom. The first kappa shape index (κ1) is 18.0. The van der Waals surface area contributed by atoms with Gasteiger partial charge in [-0.15, -0.1) is 0 Å². The number of hydrogen-bond acceptors (Lipinski definition) is 5. The lowest BCUT2D eigenvalue weighted by Crippen LogP contribution is -2.56. The summed E-state index contributed by atoms with van der Waals surface area (Å²) in [7, 11) is 0. The summed E-state index contributed by atoms with van der Waals surface area (Å²) in [5, 5.41) is 16.7. The fraction of sp³-hybridized carbons (Fsp3) is 0.353. The van der Waals surface area contributed by atoms with Crippen LogP contribution in [0.25, 0.3) is 16.7 Å². The number of aliphatic hydroxyl groups is 1. The van der Waals surface area contributed by atoms with Crippen LogP contribution in [0.4, 0.5) is 8.78 Å². The molecule has 1 fully saturated rings. The predicted octanol–water partition coefficient (Wildman–Crippen LogP) is 2.03. The van der Waals surface area contributed by atoms with Crippen molar-refractivity contribution in [3.05, 3.63) is 36.2 Å². The summed E-state index contributed by atoms with van der Waals surface area (Å²) in [6.07, 6.45) is -1.77. The monoisotopic (exact) mass is 364 g/mol. The number of imidazole rings is 1. The number of halogens is 2. The van der Waals surface area contributed by atoms with Crippen molar-refractivity contribution in [1.82, 2.24) is 14.5 Å². The van der Waals surface area contributed by atoms with Crippen molar-refractivity contribution in [3.63, 3.8) is 0 Å². The zero-order valence-electron chi connectivity index (χ0n) is 14.0. The quantitative estimate of drug-likeness (QED) is 0.627. The minimum Gasteiger partial charge on any atom is -0.471 e. The maximum absolute atomic E-state index is 13.3. The second kappa shape index (κ2) is 7.20. The highest BCUT2D eigenvalue weighted by Crippen LogP contribution is 2.27. The number of para-hydroxylation sites is 2. The summed E-state index contributed by atoms with van der Waals surface area (Å²) in [6, 6.07) is 6.77. The Hall–Kier alpha value is -2.81. The fourth-order valence-corrected chi connectivity index (χ4v) is 2.85. The van der Waals surface area contributed by atoms with Crippen LogP contribution in [0.15, 0.2) is 30.3 Å². The SMILES string of the molecule is C/C(=C\C(=N)OC1CN(C(=O)CO)C1)n1c(C(F)F)nc2ccccc21. The molecule has 0 atom stereocenters. The number of nitrogens with zero attached hydrogens (tertiary/aromatic N) is 3. The number of carbonyl (C=O) groups excluding carboxylic acids is 1. The Balaban J connectivity index is 1.76. The second-order valence-corrected chi connectivity index (χ2v) is 5.94. The lowest BCUT2D eigenvalue weighted by Gasteiger charge is -2.38. The number of aromatic nitrogens is 2. The van der Waals surface area contributed by atoms with Gasteiger partial charge in [0, 0.05) is 11.8 Å². The maximum Gasteiger partial charge on any atom is 0.295 e. The number of aliphatic hydroxyl groups excluding tert-OH is 1. The number of fused-ring (bicyclic) bond motifs is 1. The molecule has 0 unspecified atom stereocenters. The van der Waals surface area contributed by atoms with Gasteiger partial charge in [0.15, 0.2) is 5.82 Å². The van der Waals surface area contributed by atoms with Crippen LogP contribution >= 0.6 is 0 Å². The zero-order chi connectivity index (χ0) is 18.8. The normalized spacial score (nSPS) is 15.4. The molecule has 1 amide bonds. The Morgan fingerprint density at radius 3 is 2.81 bits per heavy atom. The number of likely N-dealkylation sites (tertiary alicyclic amines) is 1. The van der Waals surface area contributed by atoms with Gasteiger partial charge in [0.05, 0.1) is 24.1 Å². The zero-order valence-corrected chi connectivity index (χ0v) is 14.0. The molecule has 1 aromatic carbocycles. The van der Waals surface area contributed by atoms with Crippen LogP contribution in [0.2, 0.25) is 0 Å². The number of carbonyl (C=O) groups is 1. The molecule has 26 heavy (non-hydrogen) atoms. The smallest absolute Gasteiger partial charge is 0.295 e. The van der Waals surface area contributed by atoms with Gasteiger partial charge in [-0.1, -0.05) is 12.1 Å². The van der Waals surface area contributed by atoms with Gasteiger partial charge in [0.1, 0.15) is 12.7 Å². The number of allylic oxidation sites excluding steroid dienone is 1. The van der Waals surface area contributed by atoms with Gasteiger partial charge in [-0.3, -0.25) is 14.8 Å². The number of ether oxygens (including phenoxy) is 1. The predicted molar refractivity (Wildman–Crippen MR) is 90.9 cm³/mol. The average molecular weight is 364 g/mol. The van der Waals surface area contributed by atoms with Gasteiger partial charge in [0.2, 0.25) is 11.8 Å². The Morgan fingerprint density at radius 2 is 2.15 bits per heavy atom. The van der Waals surface area contributed by atoms with Crippen molar-refractivity contribution in [1.29, 1.82) is 5.41 Å². The number of hydrogen-bond donors (Lipinski definition) is 2. The largest absolute Gasteiger partial charge is 0.471 e. The minimum absolute atomic E-state index is 0.193. The molecule has 138 valence electrons. The van der Waals surface area contributed by atoms with Gasteiger partial charge < -0.3 is 14.7 Å². The highest BCUT2D eigenvalue weighted by Gasteiger charge is 2.32. The molecule has 1 aliphatic heterocycles. The maximum atomic E-state index is 13.3. The third kappa shape index (κ3) is 3.43. The van der Waals surface area contributed by atoms with Crippen LogP contribution in [-0.2, 0) is 9.53 Å². The third-order valence-electron chi connectivity index (χ3n) is 4.10. The molecular weight excluding hydrogens is 346 g/mol. The van der Waals surface area contributed by atoms with Crippen molar-refractivity contribution in [2.75, 3.05) is 19.7 Å². The van der Waals surface area contributed by atoms with Crippen LogP contribution in [-0.4, -0.2) is 57.2 Å². The minimum atomic E-state index is -2.76. The first-order chi connectivity index (χ1) is 12.4. The molecule has 3 rings (SSSR count). The molecule has 2 N–H and O–H groups in total. The molecule has 9 heteroatoms. The van der Waals surface area contributed by atoms with E-state index in [0.717, 1.165) is 0 Å². The molecule has 0 radical (unpaired) electrons. The van der Waals surface area contributed by atoms with E-state index in [-0.39, 0.29) is 25.1 Å². The molecule has 0 saturated carbocycles. The van der Waals surface area contributed by atoms with Crippen molar-refractivity contribution in [3.8, 4) is 0 Å². The van der Waals surface area contributed by atoms with Gasteiger partial charge in [-0.25, -0.2) is 13.8 Å². The van der Waals surface area contributed by atoms with Gasteiger partial charge in [-0.2, -0.15) is 0 Å². The first-order valence-electron chi connectivity index (χ1n) is 7.98. The molecule has 0 spiro atoms. The van der Waals surface area contributed by atoms with Crippen molar-refractivity contribution in [2.24, 2.45) is 0 Å². The molecular formula is C17H18F2N4O3. The number of benzene rings is 1. The number of alkyl halides is 2. The van der Waals surface area contributed by atoms with Crippen LogP contribution < -0.4 is 0 Å². The lowest BCUT2D eigenvalue weighted by atomic mass is 10.1. The van der Waals surface area contributed by atoms with E-state index >= 15 is 0 Å². The molecule has 0 bridgehead atoms. The van der Waals surface area contributed by atoms with Crippen LogP contribution in [0.5, 0.6) is 0 Å². The molecule has 1 saturated heterocycles. The van der Waals surface area contributed by atoms with Gasteiger partial charge >= 0.3 is 0 Å². The summed E-state index contributed by atoms with van der Waals surface area (Å²) >= 11 is 0. The fourth-order valence-electron chi connectivity index (χ4n) is 2.85. The van der Waals surface area contributed by atoms with Crippen LogP contribution in [0, 0.1) is 5.41 Å². The topological polar surface area (TPSA) is 91.4 Å².